The predicted molar refractivity (Wildman–Crippen MR) is 104 cm³/mol. The highest BCUT2D eigenvalue weighted by Crippen LogP contribution is 2.40. The number of nitrogens with one attached hydrogen (secondary N) is 1. The molecular weight excluding hydrogens is 391 g/mol. The molecule has 0 spiro atoms. The van der Waals surface area contributed by atoms with E-state index in [2.05, 4.69) is 15.3 Å². The van der Waals surface area contributed by atoms with Crippen molar-refractivity contribution in [3.8, 4) is 21.8 Å². The molecule has 0 aliphatic carbocycles. The molecule has 0 saturated heterocycles. The van der Waals surface area contributed by atoms with E-state index in [0.717, 1.165) is 9.88 Å². The molecule has 1 amide bonds. The molecule has 3 aromatic rings. The number of rotatable bonds is 3. The number of hydrogen-bond acceptors (Lipinski definition) is 5. The van der Waals surface area contributed by atoms with Crippen LogP contribution in [0.1, 0.15) is 25.8 Å². The van der Waals surface area contributed by atoms with E-state index in [0.29, 0.717) is 17.0 Å². The van der Waals surface area contributed by atoms with Crippen LogP contribution in [-0.4, -0.2) is 26.2 Å². The topological polar surface area (TPSA) is 88.0 Å². The van der Waals surface area contributed by atoms with E-state index in [1.165, 1.54) is 23.5 Å². The first-order valence-corrected chi connectivity index (χ1v) is 9.14. The van der Waals surface area contributed by atoms with Gasteiger partial charge < -0.3 is 5.11 Å². The molecule has 2 N–H and O–H groups in total. The van der Waals surface area contributed by atoms with Crippen molar-refractivity contribution in [2.75, 3.05) is 5.32 Å². The molecule has 6 nitrogen and oxygen atoms in total. The van der Waals surface area contributed by atoms with Crippen molar-refractivity contribution >= 4 is 34.7 Å². The Bertz CT molecular complexity index is 1020. The number of benzene rings is 1. The summed E-state index contributed by atoms with van der Waals surface area (Å²) in [7, 11) is 0. The van der Waals surface area contributed by atoms with Gasteiger partial charge in [-0.1, -0.05) is 20.8 Å². The molecule has 9 heteroatoms. The number of amides is 1. The summed E-state index contributed by atoms with van der Waals surface area (Å²) in [6.45, 7) is 6.11. The molecule has 0 aliphatic heterocycles. The first kappa shape index (κ1) is 19.2. The highest BCUT2D eigenvalue weighted by Gasteiger charge is 2.24. The van der Waals surface area contributed by atoms with Gasteiger partial charge in [0.1, 0.15) is 5.82 Å². The average molecular weight is 407 g/mol. The second-order valence-corrected chi connectivity index (χ2v) is 8.12. The normalized spacial score (nSPS) is 11.4. The Morgan fingerprint density at radius 1 is 1.26 bits per heavy atom. The van der Waals surface area contributed by atoms with Crippen molar-refractivity contribution in [1.29, 1.82) is 0 Å². The van der Waals surface area contributed by atoms with Crippen LogP contribution in [0.25, 0.3) is 21.8 Å². The molecule has 0 aliphatic rings. The Morgan fingerprint density at radius 3 is 2.63 bits per heavy atom. The molecule has 0 atom stereocenters. The quantitative estimate of drug-likeness (QED) is 0.565. The molecule has 140 valence electrons. The smallest absolute Gasteiger partial charge is 0.409 e. The number of anilines is 1. The first-order valence-electron chi connectivity index (χ1n) is 7.95. The lowest BCUT2D eigenvalue weighted by molar-refractivity contribution is 0.209. The van der Waals surface area contributed by atoms with Gasteiger partial charge in [-0.25, -0.2) is 24.1 Å². The van der Waals surface area contributed by atoms with Gasteiger partial charge in [0.25, 0.3) is 0 Å². The lowest BCUT2D eigenvalue weighted by Gasteiger charge is -2.13. The van der Waals surface area contributed by atoms with Crippen molar-refractivity contribution in [1.82, 2.24) is 15.0 Å². The summed E-state index contributed by atoms with van der Waals surface area (Å²) in [5.41, 5.74) is 1.38. The Labute approximate surface area is 164 Å². The number of thiazole rings is 1. The third kappa shape index (κ3) is 4.23. The minimum Gasteiger partial charge on any atom is -0.465 e. The largest absolute Gasteiger partial charge is 0.465 e. The maximum absolute atomic E-state index is 13.9. The Balaban J connectivity index is 2.20. The summed E-state index contributed by atoms with van der Waals surface area (Å²) in [6.07, 6.45) is 0.204. The van der Waals surface area contributed by atoms with Gasteiger partial charge in [0.05, 0.1) is 27.0 Å². The van der Waals surface area contributed by atoms with Crippen molar-refractivity contribution in [3.63, 3.8) is 0 Å². The third-order valence-electron chi connectivity index (χ3n) is 3.61. The number of carbonyl (C=O) groups is 1. The summed E-state index contributed by atoms with van der Waals surface area (Å²) in [5, 5.41) is 11.9. The molecule has 0 fully saturated rings. The maximum atomic E-state index is 13.9. The van der Waals surface area contributed by atoms with Gasteiger partial charge in [-0.2, -0.15) is 0 Å². The Hall–Kier alpha value is -2.58. The zero-order valence-electron chi connectivity index (χ0n) is 14.7. The van der Waals surface area contributed by atoms with Crippen molar-refractivity contribution < 1.29 is 14.3 Å². The zero-order chi connectivity index (χ0) is 19.8. The van der Waals surface area contributed by atoms with Crippen LogP contribution in [0.15, 0.2) is 30.5 Å². The van der Waals surface area contributed by atoms with E-state index in [1.54, 1.807) is 18.3 Å². The maximum Gasteiger partial charge on any atom is 0.409 e. The van der Waals surface area contributed by atoms with Crippen LogP contribution in [0.4, 0.5) is 14.9 Å². The molecule has 2 heterocycles. The first-order chi connectivity index (χ1) is 12.6. The summed E-state index contributed by atoms with van der Waals surface area (Å²) in [6, 6.07) is 5.89. The molecule has 1 aromatic carbocycles. The molecule has 0 radical (unpaired) electrons. The van der Waals surface area contributed by atoms with Crippen molar-refractivity contribution in [2.45, 2.75) is 26.2 Å². The van der Waals surface area contributed by atoms with Crippen LogP contribution in [-0.2, 0) is 5.41 Å². The van der Waals surface area contributed by atoms with Crippen molar-refractivity contribution in [3.05, 3.63) is 46.6 Å². The summed E-state index contributed by atoms with van der Waals surface area (Å²) >= 11 is 7.39. The van der Waals surface area contributed by atoms with Crippen LogP contribution in [0.3, 0.4) is 0 Å². The number of nitrogens with zero attached hydrogens (tertiary/aromatic N) is 3. The fourth-order valence-corrected chi connectivity index (χ4v) is 3.62. The van der Waals surface area contributed by atoms with Crippen LogP contribution in [0.5, 0.6) is 0 Å². The highest BCUT2D eigenvalue weighted by molar-refractivity contribution is 7.15. The zero-order valence-corrected chi connectivity index (χ0v) is 16.3. The van der Waals surface area contributed by atoms with Crippen LogP contribution in [0.2, 0.25) is 5.28 Å². The molecule has 2 aromatic heterocycles. The lowest BCUT2D eigenvalue weighted by atomic mass is 9.98. The molecule has 0 unspecified atom stereocenters. The minimum absolute atomic E-state index is 0.108. The highest BCUT2D eigenvalue weighted by atomic mass is 35.5. The molecular formula is C18H16ClFN4O2S. The van der Waals surface area contributed by atoms with E-state index < -0.39 is 11.9 Å². The number of aromatic nitrogens is 3. The summed E-state index contributed by atoms with van der Waals surface area (Å²) in [5.74, 6) is -0.668. The number of hydrogen-bond donors (Lipinski definition) is 2. The van der Waals surface area contributed by atoms with E-state index in [4.69, 9.17) is 21.7 Å². The lowest BCUT2D eigenvalue weighted by Crippen LogP contribution is -2.10. The predicted octanol–water partition coefficient (Wildman–Crippen LogP) is 5.45. The van der Waals surface area contributed by atoms with E-state index in [-0.39, 0.29) is 16.4 Å². The third-order valence-corrected chi connectivity index (χ3v) is 5.29. The van der Waals surface area contributed by atoms with E-state index >= 15 is 0 Å². The van der Waals surface area contributed by atoms with Crippen LogP contribution >= 0.6 is 22.9 Å². The molecule has 27 heavy (non-hydrogen) atoms. The fraction of sp³-hybridized carbons (Fsp3) is 0.222. The standard InChI is InChI=1S/C18H16ClFN4O2S/c1-18(2,3)15-24-13(14(27-15)11-6-7-21-16(19)22-11)9-4-5-10(20)12(8-9)23-17(25)26/h4-8,23H,1-3H3,(H,25,26). The summed E-state index contributed by atoms with van der Waals surface area (Å²) in [4.78, 5) is 24.5. The van der Waals surface area contributed by atoms with Gasteiger partial charge in [0.15, 0.2) is 0 Å². The SMILES string of the molecule is CC(C)(C)c1nc(-c2ccc(F)c(NC(=O)O)c2)c(-c2ccnc(Cl)n2)s1. The molecule has 0 bridgehead atoms. The second kappa shape index (κ2) is 7.21. The number of carboxylic acid groups (broad SMARTS) is 1. The van der Waals surface area contributed by atoms with Gasteiger partial charge in [-0.15, -0.1) is 11.3 Å². The average Bonchev–Trinajstić information content (AvgIpc) is 3.02. The van der Waals surface area contributed by atoms with Crippen LogP contribution < -0.4 is 5.32 Å². The Morgan fingerprint density at radius 2 is 2.00 bits per heavy atom. The van der Waals surface area contributed by atoms with Gasteiger partial charge in [-0.05, 0) is 35.9 Å². The Kier molecular flexibility index (Phi) is 5.12. The fourth-order valence-electron chi connectivity index (χ4n) is 2.36. The number of halogens is 2. The van der Waals surface area contributed by atoms with Gasteiger partial charge in [-0.3, -0.25) is 5.32 Å². The minimum atomic E-state index is -1.34. The summed E-state index contributed by atoms with van der Waals surface area (Å²) < 4.78 is 13.9. The van der Waals surface area contributed by atoms with Gasteiger partial charge in [0, 0.05) is 17.2 Å². The second-order valence-electron chi connectivity index (χ2n) is 6.78. The monoisotopic (exact) mass is 406 g/mol. The van der Waals surface area contributed by atoms with Crippen molar-refractivity contribution in [2.24, 2.45) is 0 Å². The van der Waals surface area contributed by atoms with E-state index in [9.17, 15) is 9.18 Å². The van der Waals surface area contributed by atoms with Gasteiger partial charge in [0.2, 0.25) is 5.28 Å². The van der Waals surface area contributed by atoms with E-state index in [1.807, 2.05) is 20.8 Å². The van der Waals surface area contributed by atoms with Crippen LogP contribution in [0, 0.1) is 5.82 Å². The molecule has 3 rings (SSSR count). The molecule has 0 saturated carbocycles. The van der Waals surface area contributed by atoms with Gasteiger partial charge >= 0.3 is 6.09 Å².